The molecule has 0 unspecified atom stereocenters. The molecule has 1 saturated heterocycles. The molecule has 0 amide bonds. The van der Waals surface area contributed by atoms with E-state index in [4.69, 9.17) is 19.9 Å². The molecule has 0 aliphatic carbocycles. The first-order valence-electron chi connectivity index (χ1n) is 12.4. The molecule has 0 bridgehead atoms. The van der Waals surface area contributed by atoms with Crippen molar-refractivity contribution in [3.05, 3.63) is 65.4 Å². The van der Waals surface area contributed by atoms with Gasteiger partial charge in [-0.25, -0.2) is 4.79 Å². The predicted molar refractivity (Wildman–Crippen MR) is 138 cm³/mol. The number of fused-ring (bicyclic) bond motifs is 1. The molecule has 0 atom stereocenters. The van der Waals surface area contributed by atoms with Crippen LogP contribution in [0.3, 0.4) is 0 Å². The predicted octanol–water partition coefficient (Wildman–Crippen LogP) is 3.86. The van der Waals surface area contributed by atoms with Crippen LogP contribution in [-0.2, 0) is 22.4 Å². The summed E-state index contributed by atoms with van der Waals surface area (Å²) in [6.07, 6.45) is 2.98. The van der Waals surface area contributed by atoms with Crippen LogP contribution in [0.25, 0.3) is 10.9 Å². The Kier molecular flexibility index (Phi) is 8.11. The van der Waals surface area contributed by atoms with Gasteiger partial charge in [-0.15, -0.1) is 0 Å². The van der Waals surface area contributed by atoms with Crippen molar-refractivity contribution in [3.8, 4) is 5.75 Å². The molecule has 2 aromatic carbocycles. The number of benzene rings is 2. The third kappa shape index (κ3) is 6.84. The Morgan fingerprint density at radius 2 is 1.83 bits per heavy atom. The van der Waals surface area contributed by atoms with Crippen LogP contribution in [0, 0.1) is 0 Å². The monoisotopic (exact) mass is 479 g/mol. The molecule has 1 aliphatic rings. The van der Waals surface area contributed by atoms with Crippen molar-refractivity contribution >= 4 is 16.9 Å². The molecular formula is C28H37N3O4. The van der Waals surface area contributed by atoms with Gasteiger partial charge in [0.1, 0.15) is 18.0 Å². The van der Waals surface area contributed by atoms with Crippen LogP contribution in [0.15, 0.2) is 48.7 Å². The quantitative estimate of drug-likeness (QED) is 0.470. The minimum absolute atomic E-state index is 0.304. The average molecular weight is 480 g/mol. The van der Waals surface area contributed by atoms with Gasteiger partial charge in [-0.1, -0.05) is 12.1 Å². The maximum atomic E-state index is 12.3. The number of rotatable bonds is 9. The summed E-state index contributed by atoms with van der Waals surface area (Å²) in [6.45, 7) is 12.0. The molecule has 0 spiro atoms. The lowest BCUT2D eigenvalue weighted by Crippen LogP contribution is -2.38. The van der Waals surface area contributed by atoms with Gasteiger partial charge in [0, 0.05) is 43.3 Å². The van der Waals surface area contributed by atoms with E-state index in [1.165, 1.54) is 10.9 Å². The molecule has 2 heterocycles. The van der Waals surface area contributed by atoms with E-state index in [1.54, 1.807) is 0 Å². The number of hydrogen-bond donors (Lipinski definition) is 1. The Morgan fingerprint density at radius 1 is 1.09 bits per heavy atom. The summed E-state index contributed by atoms with van der Waals surface area (Å²) in [7, 11) is 0. The van der Waals surface area contributed by atoms with Crippen LogP contribution >= 0.6 is 0 Å². The number of nitrogens with zero attached hydrogens (tertiary/aromatic N) is 2. The van der Waals surface area contributed by atoms with Gasteiger partial charge < -0.3 is 24.5 Å². The number of ether oxygens (including phenoxy) is 3. The zero-order valence-corrected chi connectivity index (χ0v) is 21.1. The molecule has 1 fully saturated rings. The first kappa shape index (κ1) is 25.2. The standard InChI is InChI=1S/C28H37N3O4/c1-28(2,3)35-27(32)22-6-4-21(5-7-22)19-31-20-23(10-11-29)25-18-24(8-9-26(25)31)34-17-14-30-12-15-33-16-13-30/h4-9,18,20H,10-17,19,29H2,1-3H3. The van der Waals surface area contributed by atoms with E-state index in [2.05, 4.69) is 27.8 Å². The summed E-state index contributed by atoms with van der Waals surface area (Å²) in [5.41, 5.74) is 9.42. The topological polar surface area (TPSA) is 79.0 Å². The van der Waals surface area contributed by atoms with E-state index in [0.29, 0.717) is 25.3 Å². The van der Waals surface area contributed by atoms with Crippen molar-refractivity contribution < 1.29 is 19.0 Å². The lowest BCUT2D eigenvalue weighted by atomic mass is 10.1. The van der Waals surface area contributed by atoms with Gasteiger partial charge in [-0.2, -0.15) is 0 Å². The molecule has 4 rings (SSSR count). The zero-order chi connectivity index (χ0) is 24.8. The molecule has 1 aromatic heterocycles. The summed E-state index contributed by atoms with van der Waals surface area (Å²) >= 11 is 0. The molecule has 7 nitrogen and oxygen atoms in total. The van der Waals surface area contributed by atoms with Crippen LogP contribution in [0.2, 0.25) is 0 Å². The molecule has 3 aromatic rings. The van der Waals surface area contributed by atoms with E-state index in [0.717, 1.165) is 56.1 Å². The molecule has 35 heavy (non-hydrogen) atoms. The Morgan fingerprint density at radius 3 is 2.51 bits per heavy atom. The first-order chi connectivity index (χ1) is 16.8. The van der Waals surface area contributed by atoms with Crippen LogP contribution in [0.4, 0.5) is 0 Å². The molecule has 0 saturated carbocycles. The molecule has 7 heteroatoms. The smallest absolute Gasteiger partial charge is 0.338 e. The third-order valence-corrected chi connectivity index (χ3v) is 6.07. The number of aromatic nitrogens is 1. The van der Waals surface area contributed by atoms with Gasteiger partial charge in [-0.3, -0.25) is 4.90 Å². The highest BCUT2D eigenvalue weighted by Crippen LogP contribution is 2.27. The Bertz CT molecular complexity index is 1130. The number of carbonyl (C=O) groups excluding carboxylic acids is 1. The second-order valence-corrected chi connectivity index (χ2v) is 10.0. The van der Waals surface area contributed by atoms with Crippen LogP contribution < -0.4 is 10.5 Å². The van der Waals surface area contributed by atoms with Gasteiger partial charge >= 0.3 is 5.97 Å². The van der Waals surface area contributed by atoms with E-state index in [9.17, 15) is 4.79 Å². The second kappa shape index (κ2) is 11.2. The number of hydrogen-bond acceptors (Lipinski definition) is 6. The average Bonchev–Trinajstić information content (AvgIpc) is 3.16. The normalized spacial score (nSPS) is 14.9. The first-order valence-corrected chi connectivity index (χ1v) is 12.4. The van der Waals surface area contributed by atoms with Crippen LogP contribution in [0.1, 0.15) is 42.3 Å². The number of morpholine rings is 1. The van der Waals surface area contributed by atoms with Gasteiger partial charge in [0.25, 0.3) is 0 Å². The van der Waals surface area contributed by atoms with E-state index in [-0.39, 0.29) is 5.97 Å². The Balaban J connectivity index is 1.46. The van der Waals surface area contributed by atoms with Gasteiger partial charge in [0.05, 0.1) is 18.8 Å². The highest BCUT2D eigenvalue weighted by atomic mass is 16.6. The van der Waals surface area contributed by atoms with E-state index < -0.39 is 5.60 Å². The number of nitrogens with two attached hydrogens (primary N) is 1. The molecule has 188 valence electrons. The van der Waals surface area contributed by atoms with Crippen molar-refractivity contribution in [2.45, 2.75) is 39.3 Å². The van der Waals surface area contributed by atoms with Gasteiger partial charge in [0.15, 0.2) is 0 Å². The summed E-state index contributed by atoms with van der Waals surface area (Å²) in [5, 5.41) is 1.17. The summed E-state index contributed by atoms with van der Waals surface area (Å²) in [6, 6.07) is 13.9. The number of carbonyl (C=O) groups is 1. The van der Waals surface area contributed by atoms with E-state index in [1.807, 2.05) is 51.1 Å². The van der Waals surface area contributed by atoms with Gasteiger partial charge in [-0.05, 0) is 75.2 Å². The summed E-state index contributed by atoms with van der Waals surface area (Å²) in [5.74, 6) is 0.574. The van der Waals surface area contributed by atoms with Gasteiger partial charge in [0.2, 0.25) is 0 Å². The van der Waals surface area contributed by atoms with Crippen molar-refractivity contribution in [1.29, 1.82) is 0 Å². The summed E-state index contributed by atoms with van der Waals surface area (Å²) < 4.78 is 19.2. The van der Waals surface area contributed by atoms with Crippen molar-refractivity contribution in [1.82, 2.24) is 9.47 Å². The van der Waals surface area contributed by atoms with Crippen molar-refractivity contribution in [3.63, 3.8) is 0 Å². The lowest BCUT2D eigenvalue weighted by Gasteiger charge is -2.26. The fourth-order valence-electron chi connectivity index (χ4n) is 4.32. The maximum Gasteiger partial charge on any atom is 0.338 e. The van der Waals surface area contributed by atoms with Crippen molar-refractivity contribution in [2.75, 3.05) is 46.0 Å². The minimum Gasteiger partial charge on any atom is -0.492 e. The second-order valence-electron chi connectivity index (χ2n) is 10.0. The molecular weight excluding hydrogens is 442 g/mol. The maximum absolute atomic E-state index is 12.3. The van der Waals surface area contributed by atoms with Crippen LogP contribution in [-0.4, -0.2) is 67.0 Å². The third-order valence-electron chi connectivity index (χ3n) is 6.07. The highest BCUT2D eigenvalue weighted by molar-refractivity contribution is 5.89. The highest BCUT2D eigenvalue weighted by Gasteiger charge is 2.18. The van der Waals surface area contributed by atoms with Crippen molar-refractivity contribution in [2.24, 2.45) is 5.73 Å². The minimum atomic E-state index is -0.510. The molecule has 1 aliphatic heterocycles. The van der Waals surface area contributed by atoms with Crippen LogP contribution in [0.5, 0.6) is 5.75 Å². The Labute approximate surface area is 207 Å². The number of esters is 1. The SMILES string of the molecule is CC(C)(C)OC(=O)c1ccc(Cn2cc(CCN)c3cc(OCCN4CCOCC4)ccc32)cc1. The summed E-state index contributed by atoms with van der Waals surface area (Å²) in [4.78, 5) is 14.7. The fourth-order valence-corrected chi connectivity index (χ4v) is 4.32. The largest absolute Gasteiger partial charge is 0.492 e. The lowest BCUT2D eigenvalue weighted by molar-refractivity contribution is 0.00694. The fraction of sp³-hybridized carbons (Fsp3) is 0.464. The molecule has 2 N–H and O–H groups in total. The Hall–Kier alpha value is -2.87. The van der Waals surface area contributed by atoms with E-state index >= 15 is 0 Å². The molecule has 0 radical (unpaired) electrons. The zero-order valence-electron chi connectivity index (χ0n) is 21.1.